The zero-order valence-electron chi connectivity index (χ0n) is 9.61. The third-order valence-corrected chi connectivity index (χ3v) is 3.03. The number of imidazole rings is 1. The van der Waals surface area contributed by atoms with Crippen LogP contribution in [0.1, 0.15) is 18.5 Å². The Bertz CT molecular complexity index is 303. The molecule has 1 heterocycles. The number of nitrogens with one attached hydrogen (secondary N) is 1. The lowest BCUT2D eigenvalue weighted by Gasteiger charge is -2.15. The summed E-state index contributed by atoms with van der Waals surface area (Å²) in [7, 11) is 4.24. The van der Waals surface area contributed by atoms with Crippen LogP contribution in [0.2, 0.25) is 0 Å². The maximum atomic E-state index is 4.09. The number of hydrogen-bond donors (Lipinski definition) is 1. The summed E-state index contributed by atoms with van der Waals surface area (Å²) < 4.78 is 2.05. The van der Waals surface area contributed by atoms with E-state index < -0.39 is 0 Å². The third-order valence-electron chi connectivity index (χ3n) is 3.03. The highest BCUT2D eigenvalue weighted by Gasteiger charge is 2.25. The van der Waals surface area contributed by atoms with Crippen LogP contribution in [-0.4, -0.2) is 40.6 Å². The van der Waals surface area contributed by atoms with Gasteiger partial charge in [-0.25, -0.2) is 4.98 Å². The van der Waals surface area contributed by atoms with E-state index in [0.717, 1.165) is 25.7 Å². The van der Waals surface area contributed by atoms with Crippen LogP contribution in [0, 0.1) is 0 Å². The smallest absolute Gasteiger partial charge is 0.0945 e. The van der Waals surface area contributed by atoms with Crippen LogP contribution in [0.3, 0.4) is 0 Å². The van der Waals surface area contributed by atoms with Gasteiger partial charge < -0.3 is 14.8 Å². The molecular formula is C11H20N4. The maximum Gasteiger partial charge on any atom is 0.0945 e. The van der Waals surface area contributed by atoms with Crippen molar-refractivity contribution in [2.24, 2.45) is 7.05 Å². The first-order valence-electron chi connectivity index (χ1n) is 5.63. The minimum absolute atomic E-state index is 0.864. The molecular weight excluding hydrogens is 188 g/mol. The van der Waals surface area contributed by atoms with Gasteiger partial charge in [-0.15, -0.1) is 0 Å². The van der Waals surface area contributed by atoms with Gasteiger partial charge >= 0.3 is 0 Å². The molecule has 0 aromatic carbocycles. The lowest BCUT2D eigenvalue weighted by Crippen LogP contribution is -2.30. The van der Waals surface area contributed by atoms with Crippen LogP contribution in [0.25, 0.3) is 0 Å². The topological polar surface area (TPSA) is 33.1 Å². The summed E-state index contributed by atoms with van der Waals surface area (Å²) in [5.41, 5.74) is 1.24. The van der Waals surface area contributed by atoms with E-state index in [1.807, 2.05) is 19.6 Å². The zero-order chi connectivity index (χ0) is 10.7. The fraction of sp³-hybridized carbons (Fsp3) is 0.727. The van der Waals surface area contributed by atoms with Crippen molar-refractivity contribution in [3.8, 4) is 0 Å². The summed E-state index contributed by atoms with van der Waals surface area (Å²) in [6.45, 7) is 3.11. The predicted molar refractivity (Wildman–Crippen MR) is 60.6 cm³/mol. The number of hydrogen-bond acceptors (Lipinski definition) is 3. The lowest BCUT2D eigenvalue weighted by atomic mass is 10.4. The summed E-state index contributed by atoms with van der Waals surface area (Å²) in [6.07, 6.45) is 6.53. The Morgan fingerprint density at radius 2 is 2.40 bits per heavy atom. The monoisotopic (exact) mass is 208 g/mol. The number of rotatable bonds is 6. The minimum atomic E-state index is 0.864. The quantitative estimate of drug-likeness (QED) is 0.695. The summed E-state index contributed by atoms with van der Waals surface area (Å²) in [5, 5.41) is 3.44. The van der Waals surface area contributed by atoms with Crippen molar-refractivity contribution in [2.45, 2.75) is 25.4 Å². The van der Waals surface area contributed by atoms with Crippen LogP contribution >= 0.6 is 0 Å². The molecule has 1 fully saturated rings. The van der Waals surface area contributed by atoms with Gasteiger partial charge in [0.05, 0.1) is 12.0 Å². The van der Waals surface area contributed by atoms with Crippen LogP contribution in [-0.2, 0) is 13.6 Å². The van der Waals surface area contributed by atoms with Crippen molar-refractivity contribution in [1.82, 2.24) is 19.8 Å². The Morgan fingerprint density at radius 1 is 1.60 bits per heavy atom. The van der Waals surface area contributed by atoms with Gasteiger partial charge in [-0.2, -0.15) is 0 Å². The zero-order valence-corrected chi connectivity index (χ0v) is 9.61. The number of nitrogens with zero attached hydrogens (tertiary/aromatic N) is 3. The number of aryl methyl sites for hydroxylation is 1. The van der Waals surface area contributed by atoms with Crippen molar-refractivity contribution < 1.29 is 0 Å². The second kappa shape index (κ2) is 4.77. The van der Waals surface area contributed by atoms with Gasteiger partial charge in [0.25, 0.3) is 0 Å². The molecule has 4 heteroatoms. The highest BCUT2D eigenvalue weighted by molar-refractivity contribution is 4.96. The van der Waals surface area contributed by atoms with E-state index in [0.29, 0.717) is 0 Å². The first-order chi connectivity index (χ1) is 7.27. The van der Waals surface area contributed by atoms with Crippen LogP contribution < -0.4 is 5.32 Å². The molecule has 0 radical (unpaired) electrons. The van der Waals surface area contributed by atoms with Crippen molar-refractivity contribution in [3.63, 3.8) is 0 Å². The van der Waals surface area contributed by atoms with Crippen LogP contribution in [0.4, 0.5) is 0 Å². The van der Waals surface area contributed by atoms with E-state index >= 15 is 0 Å². The van der Waals surface area contributed by atoms with Gasteiger partial charge in [-0.3, -0.25) is 0 Å². The summed E-state index contributed by atoms with van der Waals surface area (Å²) in [5.74, 6) is 0. The second-order valence-electron chi connectivity index (χ2n) is 4.38. The summed E-state index contributed by atoms with van der Waals surface area (Å²) in [6, 6.07) is 0.864. The van der Waals surface area contributed by atoms with Gasteiger partial charge in [-0.05, 0) is 19.9 Å². The van der Waals surface area contributed by atoms with E-state index in [-0.39, 0.29) is 0 Å². The molecule has 1 saturated carbocycles. The second-order valence-corrected chi connectivity index (χ2v) is 4.38. The van der Waals surface area contributed by atoms with Gasteiger partial charge in [-0.1, -0.05) is 0 Å². The fourth-order valence-corrected chi connectivity index (χ4v) is 1.72. The molecule has 1 aromatic rings. The SMILES string of the molecule is CN(CCNCc1cncn1C)C1CC1. The molecule has 0 aliphatic heterocycles. The Morgan fingerprint density at radius 3 is 3.00 bits per heavy atom. The van der Waals surface area contributed by atoms with Crippen molar-refractivity contribution in [3.05, 3.63) is 18.2 Å². The van der Waals surface area contributed by atoms with Gasteiger partial charge in [0.15, 0.2) is 0 Å². The van der Waals surface area contributed by atoms with E-state index in [4.69, 9.17) is 0 Å². The first-order valence-corrected chi connectivity index (χ1v) is 5.63. The molecule has 0 amide bonds. The lowest BCUT2D eigenvalue weighted by molar-refractivity contribution is 0.321. The van der Waals surface area contributed by atoms with E-state index in [1.54, 1.807) is 0 Å². The highest BCUT2D eigenvalue weighted by Crippen LogP contribution is 2.24. The maximum absolute atomic E-state index is 4.09. The van der Waals surface area contributed by atoms with Gasteiger partial charge in [0.2, 0.25) is 0 Å². The Hall–Kier alpha value is -0.870. The van der Waals surface area contributed by atoms with E-state index in [9.17, 15) is 0 Å². The number of likely N-dealkylation sites (N-methyl/N-ethyl adjacent to an activating group) is 1. The first kappa shape index (κ1) is 10.6. The standard InChI is InChI=1S/C11H20N4/c1-14(10-3-4-10)6-5-12-7-11-8-13-9-15(11)2/h8-10,12H,3-7H2,1-2H3. The molecule has 84 valence electrons. The molecule has 2 rings (SSSR count). The van der Waals surface area contributed by atoms with Crippen molar-refractivity contribution >= 4 is 0 Å². The van der Waals surface area contributed by atoms with Crippen LogP contribution in [0.15, 0.2) is 12.5 Å². The molecule has 1 aromatic heterocycles. The minimum Gasteiger partial charge on any atom is -0.337 e. The normalized spacial score (nSPS) is 16.2. The van der Waals surface area contributed by atoms with Gasteiger partial charge in [0.1, 0.15) is 0 Å². The Labute approximate surface area is 91.3 Å². The van der Waals surface area contributed by atoms with E-state index in [1.165, 1.54) is 18.5 Å². The third kappa shape index (κ3) is 3.04. The molecule has 0 bridgehead atoms. The molecule has 4 nitrogen and oxygen atoms in total. The fourth-order valence-electron chi connectivity index (χ4n) is 1.72. The van der Waals surface area contributed by atoms with Crippen molar-refractivity contribution in [2.75, 3.05) is 20.1 Å². The predicted octanol–water partition coefficient (Wildman–Crippen LogP) is 0.604. The van der Waals surface area contributed by atoms with E-state index in [2.05, 4.69) is 26.8 Å². The molecule has 1 aliphatic rings. The largest absolute Gasteiger partial charge is 0.337 e. The molecule has 1 aliphatic carbocycles. The molecule has 1 N–H and O–H groups in total. The average Bonchev–Trinajstić information content (AvgIpc) is 2.99. The van der Waals surface area contributed by atoms with Gasteiger partial charge in [0, 0.05) is 38.9 Å². The van der Waals surface area contributed by atoms with Crippen molar-refractivity contribution in [1.29, 1.82) is 0 Å². The number of aromatic nitrogens is 2. The highest BCUT2D eigenvalue weighted by atomic mass is 15.2. The molecule has 15 heavy (non-hydrogen) atoms. The average molecular weight is 208 g/mol. The Balaban J connectivity index is 1.60. The summed E-state index contributed by atoms with van der Waals surface area (Å²) in [4.78, 5) is 6.53. The summed E-state index contributed by atoms with van der Waals surface area (Å²) >= 11 is 0. The molecule has 0 atom stereocenters. The molecule has 0 saturated heterocycles. The Kier molecular flexibility index (Phi) is 3.38. The molecule has 0 spiro atoms. The molecule has 0 unspecified atom stereocenters. The van der Waals surface area contributed by atoms with Crippen LogP contribution in [0.5, 0.6) is 0 Å².